The molecule has 3 aromatic rings. The van der Waals surface area contributed by atoms with Gasteiger partial charge in [-0.3, -0.25) is 4.79 Å². The third-order valence-corrected chi connectivity index (χ3v) is 3.26. The van der Waals surface area contributed by atoms with Crippen LogP contribution in [0.4, 0.5) is 5.82 Å². The summed E-state index contributed by atoms with van der Waals surface area (Å²) in [4.78, 5) is 16.1. The smallest absolute Gasteiger partial charge is 0.227 e. The summed E-state index contributed by atoms with van der Waals surface area (Å²) in [5.74, 6) is 2.37. The van der Waals surface area contributed by atoms with Gasteiger partial charge in [-0.1, -0.05) is 22.4 Å². The lowest BCUT2D eigenvalue weighted by atomic mass is 10.2. The van der Waals surface area contributed by atoms with Crippen molar-refractivity contribution in [2.75, 3.05) is 12.4 Å². The first-order chi connectivity index (χ1) is 11.6. The van der Waals surface area contributed by atoms with Gasteiger partial charge in [0.1, 0.15) is 11.5 Å². The lowest BCUT2D eigenvalue weighted by Crippen LogP contribution is -2.12. The van der Waals surface area contributed by atoms with Crippen LogP contribution in [0.5, 0.6) is 5.75 Å². The van der Waals surface area contributed by atoms with E-state index in [9.17, 15) is 4.79 Å². The standard InChI is InChI=1S/C16H16N4O4/c1-10-8-13(19-23-10)17-14(21)6-7-15-18-16(20-24-15)11-4-3-5-12(9-11)22-2/h3-5,8-9H,6-7H2,1-2H3,(H,17,19,21). The number of carbonyl (C=O) groups excluding carboxylic acids is 1. The highest BCUT2D eigenvalue weighted by molar-refractivity contribution is 5.89. The minimum Gasteiger partial charge on any atom is -0.497 e. The molecule has 24 heavy (non-hydrogen) atoms. The maximum atomic E-state index is 11.9. The van der Waals surface area contributed by atoms with Gasteiger partial charge in [-0.15, -0.1) is 0 Å². The molecule has 8 heteroatoms. The molecule has 0 bridgehead atoms. The van der Waals surface area contributed by atoms with Gasteiger partial charge in [0.15, 0.2) is 5.82 Å². The van der Waals surface area contributed by atoms with E-state index in [-0.39, 0.29) is 12.3 Å². The number of carbonyl (C=O) groups is 1. The largest absolute Gasteiger partial charge is 0.497 e. The molecule has 0 aliphatic rings. The van der Waals surface area contributed by atoms with Gasteiger partial charge < -0.3 is 19.1 Å². The second-order valence-electron chi connectivity index (χ2n) is 5.11. The SMILES string of the molecule is COc1cccc(-c2noc(CCC(=O)Nc3cc(C)on3)n2)c1. The summed E-state index contributed by atoms with van der Waals surface area (Å²) in [5.41, 5.74) is 0.784. The first kappa shape index (κ1) is 15.7. The van der Waals surface area contributed by atoms with Crippen molar-refractivity contribution in [3.63, 3.8) is 0 Å². The molecule has 0 saturated heterocycles. The van der Waals surface area contributed by atoms with Crippen LogP contribution in [0.2, 0.25) is 0 Å². The minimum absolute atomic E-state index is 0.200. The van der Waals surface area contributed by atoms with Crippen LogP contribution < -0.4 is 10.1 Å². The summed E-state index contributed by atoms with van der Waals surface area (Å²) >= 11 is 0. The summed E-state index contributed by atoms with van der Waals surface area (Å²) in [6, 6.07) is 8.99. The number of amides is 1. The predicted octanol–water partition coefficient (Wildman–Crippen LogP) is 2.61. The number of aromatic nitrogens is 3. The molecule has 0 saturated carbocycles. The molecule has 0 atom stereocenters. The lowest BCUT2D eigenvalue weighted by Gasteiger charge is -2.00. The number of rotatable bonds is 6. The third-order valence-electron chi connectivity index (χ3n) is 3.26. The quantitative estimate of drug-likeness (QED) is 0.741. The minimum atomic E-state index is -0.204. The molecule has 1 aromatic carbocycles. The van der Waals surface area contributed by atoms with Crippen molar-refractivity contribution < 1.29 is 18.6 Å². The number of anilines is 1. The van der Waals surface area contributed by atoms with E-state index in [1.54, 1.807) is 20.1 Å². The van der Waals surface area contributed by atoms with Crippen LogP contribution in [0.15, 0.2) is 39.4 Å². The monoisotopic (exact) mass is 328 g/mol. The molecule has 0 aliphatic heterocycles. The molecule has 2 heterocycles. The number of hydrogen-bond donors (Lipinski definition) is 1. The Hall–Kier alpha value is -3.16. The summed E-state index contributed by atoms with van der Waals surface area (Å²) in [7, 11) is 1.59. The second-order valence-corrected chi connectivity index (χ2v) is 5.11. The van der Waals surface area contributed by atoms with E-state index in [0.717, 1.165) is 5.56 Å². The molecular formula is C16H16N4O4. The van der Waals surface area contributed by atoms with E-state index in [4.69, 9.17) is 13.8 Å². The van der Waals surface area contributed by atoms with Crippen molar-refractivity contribution in [1.29, 1.82) is 0 Å². The zero-order valence-corrected chi connectivity index (χ0v) is 13.3. The first-order valence-corrected chi connectivity index (χ1v) is 7.34. The van der Waals surface area contributed by atoms with Gasteiger partial charge in [0.25, 0.3) is 0 Å². The maximum Gasteiger partial charge on any atom is 0.227 e. The Balaban J connectivity index is 1.58. The number of benzene rings is 1. The molecule has 3 rings (SSSR count). The van der Waals surface area contributed by atoms with E-state index in [2.05, 4.69) is 20.6 Å². The van der Waals surface area contributed by atoms with Gasteiger partial charge in [-0.25, -0.2) is 0 Å². The topological polar surface area (TPSA) is 103 Å². The zero-order chi connectivity index (χ0) is 16.9. The Bertz CT molecular complexity index is 840. The molecule has 0 radical (unpaired) electrons. The number of ether oxygens (including phenoxy) is 1. The van der Waals surface area contributed by atoms with Gasteiger partial charge in [0, 0.05) is 24.5 Å². The van der Waals surface area contributed by atoms with Crippen LogP contribution in [-0.2, 0) is 11.2 Å². The summed E-state index contributed by atoms with van der Waals surface area (Å²) in [6.07, 6.45) is 0.533. The van der Waals surface area contributed by atoms with Crippen LogP contribution in [0.1, 0.15) is 18.1 Å². The van der Waals surface area contributed by atoms with E-state index in [1.807, 2.05) is 24.3 Å². The highest BCUT2D eigenvalue weighted by Crippen LogP contribution is 2.21. The number of nitrogens with one attached hydrogen (secondary N) is 1. The van der Waals surface area contributed by atoms with Crippen LogP contribution in [0.3, 0.4) is 0 Å². The van der Waals surface area contributed by atoms with Gasteiger partial charge in [-0.2, -0.15) is 4.98 Å². The molecule has 1 amide bonds. The fourth-order valence-electron chi connectivity index (χ4n) is 2.09. The molecule has 0 spiro atoms. The molecule has 0 aliphatic carbocycles. The predicted molar refractivity (Wildman–Crippen MR) is 84.5 cm³/mol. The van der Waals surface area contributed by atoms with Crippen LogP contribution in [-0.4, -0.2) is 28.3 Å². The van der Waals surface area contributed by atoms with Crippen molar-refractivity contribution in [3.8, 4) is 17.1 Å². The van der Waals surface area contributed by atoms with Crippen molar-refractivity contribution in [3.05, 3.63) is 42.0 Å². The van der Waals surface area contributed by atoms with Gasteiger partial charge in [0.2, 0.25) is 17.6 Å². The lowest BCUT2D eigenvalue weighted by molar-refractivity contribution is -0.116. The van der Waals surface area contributed by atoms with Crippen molar-refractivity contribution >= 4 is 11.7 Å². The number of aryl methyl sites for hydroxylation is 2. The first-order valence-electron chi connectivity index (χ1n) is 7.34. The fraction of sp³-hybridized carbons (Fsp3) is 0.250. The summed E-state index contributed by atoms with van der Waals surface area (Å²) in [5, 5.41) is 10.3. The Labute approximate surface area is 137 Å². The Morgan fingerprint density at radius 3 is 2.88 bits per heavy atom. The van der Waals surface area contributed by atoms with Crippen molar-refractivity contribution in [1.82, 2.24) is 15.3 Å². The van der Waals surface area contributed by atoms with E-state index >= 15 is 0 Å². The zero-order valence-electron chi connectivity index (χ0n) is 13.3. The van der Waals surface area contributed by atoms with Crippen LogP contribution >= 0.6 is 0 Å². The molecule has 124 valence electrons. The van der Waals surface area contributed by atoms with Crippen LogP contribution in [0.25, 0.3) is 11.4 Å². The Morgan fingerprint density at radius 1 is 1.25 bits per heavy atom. The Morgan fingerprint density at radius 2 is 2.12 bits per heavy atom. The molecule has 2 aromatic heterocycles. The average molecular weight is 328 g/mol. The molecule has 1 N–H and O–H groups in total. The van der Waals surface area contributed by atoms with Crippen LogP contribution in [0, 0.1) is 6.92 Å². The normalized spacial score (nSPS) is 10.6. The second kappa shape index (κ2) is 6.95. The molecular weight excluding hydrogens is 312 g/mol. The number of methoxy groups -OCH3 is 1. The molecule has 0 unspecified atom stereocenters. The molecule has 8 nitrogen and oxygen atoms in total. The van der Waals surface area contributed by atoms with Gasteiger partial charge in [-0.05, 0) is 19.1 Å². The Kier molecular flexibility index (Phi) is 4.55. The fourth-order valence-corrected chi connectivity index (χ4v) is 2.09. The van der Waals surface area contributed by atoms with E-state index in [1.165, 1.54) is 0 Å². The summed E-state index contributed by atoms with van der Waals surface area (Å²) in [6.45, 7) is 1.75. The third kappa shape index (κ3) is 3.78. The van der Waals surface area contributed by atoms with E-state index in [0.29, 0.717) is 35.5 Å². The number of nitrogens with zero attached hydrogens (tertiary/aromatic N) is 3. The average Bonchev–Trinajstić information content (AvgIpc) is 3.22. The van der Waals surface area contributed by atoms with Crippen molar-refractivity contribution in [2.24, 2.45) is 0 Å². The number of hydrogen-bond acceptors (Lipinski definition) is 7. The van der Waals surface area contributed by atoms with Gasteiger partial charge >= 0.3 is 0 Å². The highest BCUT2D eigenvalue weighted by atomic mass is 16.5. The van der Waals surface area contributed by atoms with E-state index < -0.39 is 0 Å². The maximum absolute atomic E-state index is 11.9. The van der Waals surface area contributed by atoms with Crippen molar-refractivity contribution in [2.45, 2.75) is 19.8 Å². The van der Waals surface area contributed by atoms with Gasteiger partial charge in [0.05, 0.1) is 7.11 Å². The molecule has 0 fully saturated rings. The summed E-state index contributed by atoms with van der Waals surface area (Å²) < 4.78 is 15.2. The highest BCUT2D eigenvalue weighted by Gasteiger charge is 2.12.